The molecule has 22 heavy (non-hydrogen) atoms. The average Bonchev–Trinajstić information content (AvgIpc) is 2.49. The summed E-state index contributed by atoms with van der Waals surface area (Å²) in [6.07, 6.45) is 1.07. The Labute approximate surface area is 148 Å². The highest BCUT2D eigenvalue weighted by atomic mass is 35.5. The topological polar surface area (TPSA) is 0 Å². The normalized spacial score (nSPS) is 19.3. The first-order valence-corrected chi connectivity index (χ1v) is 8.62. The Morgan fingerprint density at radius 3 is 2.05 bits per heavy atom. The molecule has 0 atom stereocenters. The van der Waals surface area contributed by atoms with Gasteiger partial charge in [-0.25, -0.2) is 0 Å². The van der Waals surface area contributed by atoms with Gasteiger partial charge in [0.25, 0.3) is 0 Å². The molecule has 0 amide bonds. The molecule has 0 unspecified atom stereocenters. The molecule has 3 aromatic carbocycles. The molecule has 0 bridgehead atoms. The molecule has 3 aromatic rings. The zero-order valence-corrected chi connectivity index (χ0v) is 14.6. The first-order valence-electron chi connectivity index (χ1n) is 7.11. The second-order valence-corrected chi connectivity index (χ2v) is 8.79. The van der Waals surface area contributed by atoms with Crippen LogP contribution >= 0.6 is 46.4 Å². The molecule has 0 aliphatic heterocycles. The quantitative estimate of drug-likeness (QED) is 0.294. The van der Waals surface area contributed by atoms with E-state index in [0.29, 0.717) is 12.8 Å². The van der Waals surface area contributed by atoms with E-state index in [2.05, 4.69) is 24.3 Å². The minimum Gasteiger partial charge on any atom is -0.0963 e. The van der Waals surface area contributed by atoms with Crippen molar-refractivity contribution in [2.75, 3.05) is 0 Å². The fourth-order valence-electron chi connectivity index (χ4n) is 3.29. The van der Waals surface area contributed by atoms with E-state index in [4.69, 9.17) is 46.4 Å². The van der Waals surface area contributed by atoms with Crippen LogP contribution in [-0.2, 0) is 8.67 Å². The fourth-order valence-corrected chi connectivity index (χ4v) is 4.39. The molecular formula is C18H12Cl4. The third-order valence-corrected chi connectivity index (χ3v) is 5.94. The lowest BCUT2D eigenvalue weighted by molar-refractivity contribution is 0.581. The van der Waals surface area contributed by atoms with Crippen molar-refractivity contribution in [3.63, 3.8) is 0 Å². The van der Waals surface area contributed by atoms with Crippen LogP contribution in [0, 0.1) is 0 Å². The molecule has 0 fully saturated rings. The third-order valence-electron chi connectivity index (χ3n) is 4.40. The molecule has 1 aliphatic rings. The van der Waals surface area contributed by atoms with Gasteiger partial charge >= 0.3 is 0 Å². The fraction of sp³-hybridized carbons (Fsp3) is 0.222. The van der Waals surface area contributed by atoms with Crippen molar-refractivity contribution in [1.29, 1.82) is 0 Å². The summed E-state index contributed by atoms with van der Waals surface area (Å²) < 4.78 is -1.91. The number of benzene rings is 3. The van der Waals surface area contributed by atoms with Gasteiger partial charge in [-0.15, -0.1) is 0 Å². The van der Waals surface area contributed by atoms with E-state index in [1.54, 1.807) is 0 Å². The summed E-state index contributed by atoms with van der Waals surface area (Å²) in [4.78, 5) is 0. The molecule has 4 heteroatoms. The van der Waals surface area contributed by atoms with Crippen LogP contribution in [0.4, 0.5) is 0 Å². The average molecular weight is 370 g/mol. The van der Waals surface area contributed by atoms with Crippen molar-refractivity contribution in [3.05, 3.63) is 59.7 Å². The van der Waals surface area contributed by atoms with Gasteiger partial charge in [-0.3, -0.25) is 0 Å². The number of halogens is 4. The van der Waals surface area contributed by atoms with Gasteiger partial charge in [0.05, 0.1) is 0 Å². The monoisotopic (exact) mass is 368 g/mol. The summed E-state index contributed by atoms with van der Waals surface area (Å²) in [5.74, 6) is 0. The van der Waals surface area contributed by atoms with Crippen molar-refractivity contribution in [2.24, 2.45) is 0 Å². The van der Waals surface area contributed by atoms with Crippen molar-refractivity contribution in [1.82, 2.24) is 0 Å². The van der Waals surface area contributed by atoms with Gasteiger partial charge in [-0.2, -0.15) is 0 Å². The van der Waals surface area contributed by atoms with Crippen LogP contribution in [0.5, 0.6) is 0 Å². The van der Waals surface area contributed by atoms with E-state index in [9.17, 15) is 0 Å². The lowest BCUT2D eigenvalue weighted by atomic mass is 9.85. The standard InChI is InChI=1S/C18H12Cl4/c19-17(20)7-8-18(21,22)16-14-10-12-4-2-1-3-11(12)9-13(14)5-6-15(16)17/h1-6,9-10H,7-8H2. The van der Waals surface area contributed by atoms with Crippen LogP contribution in [0.3, 0.4) is 0 Å². The molecule has 1 aliphatic carbocycles. The van der Waals surface area contributed by atoms with Gasteiger partial charge in [-0.1, -0.05) is 82.8 Å². The highest BCUT2D eigenvalue weighted by Crippen LogP contribution is 2.56. The van der Waals surface area contributed by atoms with Crippen LogP contribution in [0.25, 0.3) is 21.5 Å². The minimum atomic E-state index is -0.968. The van der Waals surface area contributed by atoms with Crippen molar-refractivity contribution < 1.29 is 0 Å². The van der Waals surface area contributed by atoms with E-state index in [-0.39, 0.29) is 0 Å². The summed E-state index contributed by atoms with van der Waals surface area (Å²) in [7, 11) is 0. The SMILES string of the molecule is ClC1(Cl)CCC(Cl)(Cl)c2c1ccc1cc3ccccc3cc21. The second-order valence-electron chi connectivity index (χ2n) is 5.82. The Bertz CT molecular complexity index is 896. The van der Waals surface area contributed by atoms with Crippen LogP contribution in [-0.4, -0.2) is 0 Å². The van der Waals surface area contributed by atoms with Gasteiger partial charge in [0.15, 0.2) is 0 Å². The molecular weight excluding hydrogens is 358 g/mol. The summed E-state index contributed by atoms with van der Waals surface area (Å²) >= 11 is 26.2. The van der Waals surface area contributed by atoms with E-state index >= 15 is 0 Å². The molecule has 4 rings (SSSR count). The van der Waals surface area contributed by atoms with E-state index < -0.39 is 8.67 Å². The highest BCUT2D eigenvalue weighted by molar-refractivity contribution is 6.52. The third kappa shape index (κ3) is 2.20. The summed E-state index contributed by atoms with van der Waals surface area (Å²) in [6.45, 7) is 0. The maximum atomic E-state index is 6.61. The van der Waals surface area contributed by atoms with Crippen LogP contribution in [0.15, 0.2) is 48.5 Å². The highest BCUT2D eigenvalue weighted by Gasteiger charge is 2.44. The Balaban J connectivity index is 2.16. The molecule has 0 saturated carbocycles. The first-order chi connectivity index (χ1) is 10.4. The largest absolute Gasteiger partial charge is 0.144 e. The molecule has 0 aromatic heterocycles. The Hall–Kier alpha value is -0.660. The van der Waals surface area contributed by atoms with Crippen LogP contribution in [0.1, 0.15) is 24.0 Å². The molecule has 0 radical (unpaired) electrons. The van der Waals surface area contributed by atoms with Gasteiger partial charge in [-0.05, 0) is 52.1 Å². The minimum absolute atomic E-state index is 0.530. The lowest BCUT2D eigenvalue weighted by Gasteiger charge is -2.36. The smallest absolute Gasteiger partial charge is 0.0963 e. The van der Waals surface area contributed by atoms with E-state index in [1.807, 2.05) is 24.3 Å². The number of hydrogen-bond acceptors (Lipinski definition) is 0. The maximum absolute atomic E-state index is 6.61. The van der Waals surface area contributed by atoms with Gasteiger partial charge in [0.2, 0.25) is 0 Å². The van der Waals surface area contributed by atoms with Crippen molar-refractivity contribution >= 4 is 67.9 Å². The van der Waals surface area contributed by atoms with Crippen LogP contribution < -0.4 is 0 Å². The molecule has 0 nitrogen and oxygen atoms in total. The zero-order valence-electron chi connectivity index (χ0n) is 11.5. The molecule has 0 heterocycles. The van der Waals surface area contributed by atoms with Gasteiger partial charge in [0, 0.05) is 5.56 Å². The maximum Gasteiger partial charge on any atom is 0.144 e. The van der Waals surface area contributed by atoms with Gasteiger partial charge < -0.3 is 0 Å². The first kappa shape index (κ1) is 14.9. The Morgan fingerprint density at radius 2 is 1.32 bits per heavy atom. The molecule has 0 N–H and O–H groups in total. The Morgan fingerprint density at radius 1 is 0.682 bits per heavy atom. The van der Waals surface area contributed by atoms with Crippen molar-refractivity contribution in [3.8, 4) is 0 Å². The number of hydrogen-bond donors (Lipinski definition) is 0. The van der Waals surface area contributed by atoms with E-state index in [1.165, 1.54) is 5.39 Å². The molecule has 0 spiro atoms. The van der Waals surface area contributed by atoms with E-state index in [0.717, 1.165) is 27.3 Å². The summed E-state index contributed by atoms with van der Waals surface area (Å²) in [5.41, 5.74) is 1.66. The summed E-state index contributed by atoms with van der Waals surface area (Å²) in [6, 6.07) is 16.5. The number of rotatable bonds is 0. The molecule has 0 saturated heterocycles. The second kappa shape index (κ2) is 4.92. The van der Waals surface area contributed by atoms with Crippen LogP contribution in [0.2, 0.25) is 0 Å². The number of fused-ring (bicyclic) bond motifs is 4. The lowest BCUT2D eigenvalue weighted by Crippen LogP contribution is -2.28. The number of alkyl halides is 4. The Kier molecular flexibility index (Phi) is 3.33. The predicted molar refractivity (Wildman–Crippen MR) is 97.5 cm³/mol. The van der Waals surface area contributed by atoms with Crippen molar-refractivity contribution in [2.45, 2.75) is 21.5 Å². The van der Waals surface area contributed by atoms with Gasteiger partial charge in [0.1, 0.15) is 8.67 Å². The summed E-state index contributed by atoms with van der Waals surface area (Å²) in [5, 5.41) is 4.44. The predicted octanol–water partition coefficient (Wildman–Crippen LogP) is 7.05. The zero-order chi connectivity index (χ0) is 15.5. The molecule has 112 valence electrons.